The Hall–Kier alpha value is -6.80. The molecule has 0 N–H and O–H groups in total. The number of hydrogen-bond donors (Lipinski definition) is 0. The number of fused-ring (bicyclic) bond motifs is 6. The summed E-state index contributed by atoms with van der Waals surface area (Å²) >= 11 is 0. The summed E-state index contributed by atoms with van der Waals surface area (Å²) in [5.74, 6) is 0. The molecule has 9 rings (SSSR count). The van der Waals surface area contributed by atoms with Gasteiger partial charge >= 0.3 is 0 Å². The van der Waals surface area contributed by atoms with Gasteiger partial charge in [-0.1, -0.05) is 119 Å². The predicted octanol–water partition coefficient (Wildman–Crippen LogP) is 13.3. The van der Waals surface area contributed by atoms with Crippen molar-refractivity contribution in [3.8, 4) is 11.4 Å². The van der Waals surface area contributed by atoms with Crippen molar-refractivity contribution in [1.82, 2.24) is 30.0 Å². The smallest absolute Gasteiger partial charge is 0.121 e. The molecule has 2 aromatic heterocycles. The van der Waals surface area contributed by atoms with Gasteiger partial charge in [-0.15, -0.1) is 20.4 Å². The minimum Gasteiger partial charge on any atom is -0.151 e. The number of azo groups is 1. The number of allylic oxidation sites excluding steroid dienone is 1. The summed E-state index contributed by atoms with van der Waals surface area (Å²) in [6.45, 7) is 14.2. The van der Waals surface area contributed by atoms with E-state index < -0.39 is 0 Å². The van der Waals surface area contributed by atoms with E-state index in [-0.39, 0.29) is 0 Å². The highest BCUT2D eigenvalue weighted by Gasteiger charge is 2.10. The highest BCUT2D eigenvalue weighted by atomic mass is 15.5. The van der Waals surface area contributed by atoms with Crippen LogP contribution in [0.5, 0.6) is 0 Å². The molecular formula is C47H46N8. The SMILES string of the molecule is CC.CC.CC=Cc1ccc(-n2nc3ccc4ccccc4c3n2)cc1C.Cc1cccc(N=Nc2ccc(-n3nc4ccc5ccccc5c4n3)cc2)c1. The van der Waals surface area contributed by atoms with Crippen molar-refractivity contribution in [2.75, 3.05) is 0 Å². The van der Waals surface area contributed by atoms with Crippen molar-refractivity contribution < 1.29 is 0 Å². The van der Waals surface area contributed by atoms with Gasteiger partial charge < -0.3 is 0 Å². The Labute approximate surface area is 322 Å². The van der Waals surface area contributed by atoms with Crippen LogP contribution in [0.25, 0.3) is 61.1 Å². The first-order valence-corrected chi connectivity index (χ1v) is 18.8. The average molecular weight is 723 g/mol. The lowest BCUT2D eigenvalue weighted by molar-refractivity contribution is 0.765. The van der Waals surface area contributed by atoms with Gasteiger partial charge in [-0.25, -0.2) is 0 Å². The normalized spacial score (nSPS) is 11.0. The van der Waals surface area contributed by atoms with E-state index in [9.17, 15) is 0 Å². The highest BCUT2D eigenvalue weighted by Crippen LogP contribution is 2.26. The molecule has 0 unspecified atom stereocenters. The molecule has 7 aromatic carbocycles. The van der Waals surface area contributed by atoms with E-state index in [0.29, 0.717) is 0 Å². The van der Waals surface area contributed by atoms with Crippen LogP contribution >= 0.6 is 0 Å². The van der Waals surface area contributed by atoms with E-state index in [1.165, 1.54) is 16.5 Å². The molecule has 0 aliphatic carbocycles. The molecular weight excluding hydrogens is 677 g/mol. The maximum absolute atomic E-state index is 4.72. The van der Waals surface area contributed by atoms with Crippen molar-refractivity contribution in [2.45, 2.75) is 48.5 Å². The fraction of sp³-hybridized carbons (Fsp3) is 0.149. The van der Waals surface area contributed by atoms with Gasteiger partial charge in [-0.3, -0.25) is 0 Å². The molecule has 0 aliphatic rings. The summed E-state index contributed by atoms with van der Waals surface area (Å²) in [6.07, 6.45) is 4.16. The molecule has 9 aromatic rings. The quantitative estimate of drug-likeness (QED) is 0.166. The summed E-state index contributed by atoms with van der Waals surface area (Å²) < 4.78 is 0. The minimum absolute atomic E-state index is 0.785. The van der Waals surface area contributed by atoms with Crippen LogP contribution in [0.3, 0.4) is 0 Å². The summed E-state index contributed by atoms with van der Waals surface area (Å²) in [4.78, 5) is 3.39. The average Bonchev–Trinajstić information content (AvgIpc) is 3.89. The molecule has 0 bridgehead atoms. The molecule has 0 aliphatic heterocycles. The van der Waals surface area contributed by atoms with E-state index in [1.54, 1.807) is 9.59 Å². The molecule has 0 atom stereocenters. The fourth-order valence-corrected chi connectivity index (χ4v) is 6.14. The second-order valence-electron chi connectivity index (χ2n) is 12.4. The first kappa shape index (κ1) is 37.9. The minimum atomic E-state index is 0.785. The molecule has 55 heavy (non-hydrogen) atoms. The van der Waals surface area contributed by atoms with Crippen LogP contribution in [0.15, 0.2) is 156 Å². The van der Waals surface area contributed by atoms with E-state index in [4.69, 9.17) is 10.2 Å². The third kappa shape index (κ3) is 8.55. The second-order valence-corrected chi connectivity index (χ2v) is 12.4. The summed E-state index contributed by atoms with van der Waals surface area (Å²) in [5.41, 5.74) is 10.7. The van der Waals surface area contributed by atoms with Crippen molar-refractivity contribution in [3.63, 3.8) is 0 Å². The number of benzene rings is 7. The molecule has 0 saturated heterocycles. The number of aromatic nitrogens is 6. The third-order valence-electron chi connectivity index (χ3n) is 8.75. The highest BCUT2D eigenvalue weighted by molar-refractivity contribution is 6.04. The number of hydrogen-bond acceptors (Lipinski definition) is 6. The lowest BCUT2D eigenvalue weighted by atomic mass is 10.1. The second kappa shape index (κ2) is 17.8. The molecule has 8 heteroatoms. The van der Waals surface area contributed by atoms with Gasteiger partial charge in [0, 0.05) is 10.8 Å². The molecule has 8 nitrogen and oxygen atoms in total. The molecule has 0 saturated carbocycles. The van der Waals surface area contributed by atoms with Crippen molar-refractivity contribution in [1.29, 1.82) is 0 Å². The largest absolute Gasteiger partial charge is 0.151 e. The van der Waals surface area contributed by atoms with Gasteiger partial charge in [-0.2, -0.15) is 19.8 Å². The van der Waals surface area contributed by atoms with Crippen LogP contribution in [0, 0.1) is 13.8 Å². The monoisotopic (exact) mass is 722 g/mol. The lowest BCUT2D eigenvalue weighted by Crippen LogP contribution is -1.99. The standard InChI is InChI=1S/C23H17N5.C20H17N3.2C2H6/c1-16-5-4-7-19(15-16)25-24-18-10-12-20(13-11-18)28-26-22-14-9-17-6-2-3-8-21(17)23(22)27-28;1-3-6-15-9-11-17(13-14(15)2)23-21-19-12-10-16-7-4-5-8-18(16)20(19)22-23;2*1-2/h2-15H,1H3;3-13H,1-2H3;2*1-2H3. The van der Waals surface area contributed by atoms with Gasteiger partial charge in [0.1, 0.15) is 22.1 Å². The number of aryl methyl sites for hydroxylation is 2. The Balaban J connectivity index is 0.000000174. The Morgan fingerprint density at radius 3 is 1.60 bits per heavy atom. The maximum atomic E-state index is 4.72. The molecule has 2 heterocycles. The van der Waals surface area contributed by atoms with Crippen LogP contribution in [0.2, 0.25) is 0 Å². The van der Waals surface area contributed by atoms with Crippen LogP contribution in [0.1, 0.15) is 51.3 Å². The van der Waals surface area contributed by atoms with E-state index in [1.807, 2.05) is 126 Å². The maximum Gasteiger partial charge on any atom is 0.121 e. The first-order valence-electron chi connectivity index (χ1n) is 18.8. The first-order chi connectivity index (χ1) is 27.0. The van der Waals surface area contributed by atoms with Crippen LogP contribution < -0.4 is 0 Å². The van der Waals surface area contributed by atoms with Gasteiger partial charge in [0.05, 0.1) is 22.7 Å². The number of rotatable bonds is 5. The van der Waals surface area contributed by atoms with Crippen LogP contribution in [-0.4, -0.2) is 30.0 Å². The van der Waals surface area contributed by atoms with Crippen LogP contribution in [-0.2, 0) is 0 Å². The van der Waals surface area contributed by atoms with Gasteiger partial charge in [0.15, 0.2) is 0 Å². The Kier molecular flexibility index (Phi) is 12.3. The third-order valence-corrected chi connectivity index (χ3v) is 8.75. The summed E-state index contributed by atoms with van der Waals surface area (Å²) in [5, 5.41) is 31.9. The molecule has 0 amide bonds. The van der Waals surface area contributed by atoms with Crippen LogP contribution in [0.4, 0.5) is 11.4 Å². The zero-order valence-electron chi connectivity index (χ0n) is 32.5. The Morgan fingerprint density at radius 1 is 0.491 bits per heavy atom. The zero-order valence-corrected chi connectivity index (χ0v) is 32.5. The van der Waals surface area contributed by atoms with Crippen molar-refractivity contribution in [3.05, 3.63) is 162 Å². The van der Waals surface area contributed by atoms with E-state index in [2.05, 4.69) is 94.1 Å². The summed E-state index contributed by atoms with van der Waals surface area (Å²) in [6, 6.07) is 46.7. The zero-order chi connectivity index (χ0) is 38.7. The van der Waals surface area contributed by atoms with Gasteiger partial charge in [0.2, 0.25) is 0 Å². The lowest BCUT2D eigenvalue weighted by Gasteiger charge is -2.04. The van der Waals surface area contributed by atoms with E-state index >= 15 is 0 Å². The molecule has 0 fully saturated rings. The molecule has 274 valence electrons. The van der Waals surface area contributed by atoms with Crippen molar-refractivity contribution >= 4 is 61.1 Å². The predicted molar refractivity (Wildman–Crippen MR) is 230 cm³/mol. The molecule has 0 spiro atoms. The van der Waals surface area contributed by atoms with Crippen molar-refractivity contribution in [2.24, 2.45) is 10.2 Å². The van der Waals surface area contributed by atoms with Gasteiger partial charge in [0.25, 0.3) is 0 Å². The van der Waals surface area contributed by atoms with Gasteiger partial charge in [-0.05, 0) is 109 Å². The topological polar surface area (TPSA) is 86.1 Å². The summed E-state index contributed by atoms with van der Waals surface area (Å²) in [7, 11) is 0. The molecule has 0 radical (unpaired) electrons. The number of nitrogens with zero attached hydrogens (tertiary/aromatic N) is 8. The Bertz CT molecular complexity index is 2740. The van der Waals surface area contributed by atoms with E-state index in [0.717, 1.165) is 66.5 Å². The fourth-order valence-electron chi connectivity index (χ4n) is 6.14. The Morgan fingerprint density at radius 2 is 1.04 bits per heavy atom.